The fourth-order valence-electron chi connectivity index (χ4n) is 2.61. The van der Waals surface area contributed by atoms with Crippen molar-refractivity contribution in [3.8, 4) is 0 Å². The van der Waals surface area contributed by atoms with Gasteiger partial charge in [0, 0.05) is 13.0 Å². The molecular weight excluding hydrogens is 338 g/mol. The smallest absolute Gasteiger partial charge is 0.238 e. The lowest BCUT2D eigenvalue weighted by atomic mass is 9.94. The van der Waals surface area contributed by atoms with Gasteiger partial charge in [0.15, 0.2) is 0 Å². The number of carbonyl (C=O) groups is 1. The highest BCUT2D eigenvalue weighted by Crippen LogP contribution is 2.15. The van der Waals surface area contributed by atoms with E-state index in [1.165, 1.54) is 12.1 Å². The van der Waals surface area contributed by atoms with E-state index in [4.69, 9.17) is 5.14 Å². The Hall–Kier alpha value is -1.15. The van der Waals surface area contributed by atoms with Crippen LogP contribution in [0.15, 0.2) is 29.2 Å². The maximum absolute atomic E-state index is 11.9. The molecule has 0 spiro atoms. The van der Waals surface area contributed by atoms with Gasteiger partial charge in [-0.15, -0.1) is 12.4 Å². The second-order valence-electron chi connectivity index (χ2n) is 5.69. The van der Waals surface area contributed by atoms with E-state index in [0.29, 0.717) is 25.3 Å². The van der Waals surface area contributed by atoms with Gasteiger partial charge >= 0.3 is 0 Å². The van der Waals surface area contributed by atoms with Crippen molar-refractivity contribution in [2.75, 3.05) is 19.6 Å². The van der Waals surface area contributed by atoms with Gasteiger partial charge in [-0.05, 0) is 56.0 Å². The quantitative estimate of drug-likeness (QED) is 0.697. The average molecular weight is 362 g/mol. The zero-order valence-electron chi connectivity index (χ0n) is 13.0. The summed E-state index contributed by atoms with van der Waals surface area (Å²) < 4.78 is 22.3. The molecule has 1 saturated heterocycles. The molecule has 4 N–H and O–H groups in total. The van der Waals surface area contributed by atoms with Crippen LogP contribution in [0, 0.1) is 5.92 Å². The second-order valence-corrected chi connectivity index (χ2v) is 7.25. The van der Waals surface area contributed by atoms with Crippen molar-refractivity contribution in [2.45, 2.75) is 30.6 Å². The molecule has 0 aromatic heterocycles. The number of halogens is 1. The Bertz CT molecular complexity index is 599. The molecule has 1 heterocycles. The van der Waals surface area contributed by atoms with Crippen molar-refractivity contribution < 1.29 is 13.2 Å². The topological polar surface area (TPSA) is 101 Å². The van der Waals surface area contributed by atoms with E-state index in [0.717, 1.165) is 31.5 Å². The van der Waals surface area contributed by atoms with Crippen molar-refractivity contribution in [1.29, 1.82) is 0 Å². The number of primary sulfonamides is 1. The molecular formula is C15H24ClN3O3S. The largest absolute Gasteiger partial charge is 0.356 e. The first kappa shape index (κ1) is 19.9. The van der Waals surface area contributed by atoms with Gasteiger partial charge in [0.2, 0.25) is 15.9 Å². The normalized spacial score (nSPS) is 15.7. The summed E-state index contributed by atoms with van der Waals surface area (Å²) >= 11 is 0. The number of benzene rings is 1. The summed E-state index contributed by atoms with van der Waals surface area (Å²) in [5, 5.41) is 11.3. The van der Waals surface area contributed by atoms with E-state index < -0.39 is 10.0 Å². The van der Waals surface area contributed by atoms with Gasteiger partial charge in [-0.1, -0.05) is 12.1 Å². The van der Waals surface area contributed by atoms with Crippen LogP contribution in [0.1, 0.15) is 24.8 Å². The van der Waals surface area contributed by atoms with E-state index in [1.807, 2.05) is 0 Å². The molecule has 1 aliphatic heterocycles. The van der Waals surface area contributed by atoms with Gasteiger partial charge in [-0.25, -0.2) is 13.6 Å². The highest BCUT2D eigenvalue weighted by molar-refractivity contribution is 7.89. The van der Waals surface area contributed by atoms with Crippen LogP contribution in [0.2, 0.25) is 0 Å². The molecule has 1 aromatic carbocycles. The van der Waals surface area contributed by atoms with Crippen LogP contribution in [-0.4, -0.2) is 34.0 Å². The van der Waals surface area contributed by atoms with Gasteiger partial charge in [-0.3, -0.25) is 4.79 Å². The maximum atomic E-state index is 11.9. The molecule has 2 rings (SSSR count). The minimum Gasteiger partial charge on any atom is -0.356 e. The minimum atomic E-state index is -3.64. The van der Waals surface area contributed by atoms with Crippen LogP contribution in [0.5, 0.6) is 0 Å². The van der Waals surface area contributed by atoms with Crippen molar-refractivity contribution in [3.63, 3.8) is 0 Å². The summed E-state index contributed by atoms with van der Waals surface area (Å²) in [6.45, 7) is 2.54. The number of piperidine rings is 1. The number of nitrogens with two attached hydrogens (primary N) is 1. The predicted molar refractivity (Wildman–Crippen MR) is 92.0 cm³/mol. The molecule has 0 bridgehead atoms. The average Bonchev–Trinajstić information content (AvgIpc) is 2.48. The summed E-state index contributed by atoms with van der Waals surface area (Å²) in [6, 6.07) is 6.42. The SMILES string of the molecule is Cl.NS(=O)(=O)c1ccc(CCNC(=O)CC2CCNCC2)cc1. The van der Waals surface area contributed by atoms with Crippen LogP contribution in [0.25, 0.3) is 0 Å². The molecule has 0 atom stereocenters. The van der Waals surface area contributed by atoms with Crippen LogP contribution in [0.3, 0.4) is 0 Å². The Kier molecular flexibility index (Phi) is 7.98. The molecule has 1 aliphatic rings. The maximum Gasteiger partial charge on any atom is 0.238 e. The van der Waals surface area contributed by atoms with Gasteiger partial charge in [0.1, 0.15) is 0 Å². The Balaban J connectivity index is 0.00000264. The molecule has 130 valence electrons. The van der Waals surface area contributed by atoms with E-state index in [2.05, 4.69) is 10.6 Å². The summed E-state index contributed by atoms with van der Waals surface area (Å²) in [7, 11) is -3.64. The number of sulfonamides is 1. The first-order valence-electron chi connectivity index (χ1n) is 7.54. The van der Waals surface area contributed by atoms with E-state index in [-0.39, 0.29) is 23.2 Å². The first-order chi connectivity index (χ1) is 10.4. The van der Waals surface area contributed by atoms with Crippen molar-refractivity contribution >= 4 is 28.3 Å². The summed E-state index contributed by atoms with van der Waals surface area (Å²) in [4.78, 5) is 12.0. The third-order valence-corrected chi connectivity index (χ3v) is 4.85. The third-order valence-electron chi connectivity index (χ3n) is 3.92. The first-order valence-corrected chi connectivity index (χ1v) is 9.09. The van der Waals surface area contributed by atoms with Gasteiger partial charge < -0.3 is 10.6 Å². The van der Waals surface area contributed by atoms with Crippen LogP contribution >= 0.6 is 12.4 Å². The van der Waals surface area contributed by atoms with Crippen LogP contribution in [0.4, 0.5) is 0 Å². The summed E-state index contributed by atoms with van der Waals surface area (Å²) in [5.74, 6) is 0.573. The summed E-state index contributed by atoms with van der Waals surface area (Å²) in [6.07, 6.45) is 3.37. The Morgan fingerprint density at radius 2 is 1.83 bits per heavy atom. The number of hydrogen-bond acceptors (Lipinski definition) is 4. The third kappa shape index (κ3) is 6.87. The monoisotopic (exact) mass is 361 g/mol. The van der Waals surface area contributed by atoms with Crippen molar-refractivity contribution in [2.24, 2.45) is 11.1 Å². The number of rotatable bonds is 6. The highest BCUT2D eigenvalue weighted by atomic mass is 35.5. The highest BCUT2D eigenvalue weighted by Gasteiger charge is 2.16. The fourth-order valence-corrected chi connectivity index (χ4v) is 3.13. The fraction of sp³-hybridized carbons (Fsp3) is 0.533. The molecule has 23 heavy (non-hydrogen) atoms. The molecule has 0 saturated carbocycles. The van der Waals surface area contributed by atoms with E-state index in [9.17, 15) is 13.2 Å². The standard InChI is InChI=1S/C15H23N3O3S.ClH/c16-22(20,21)14-3-1-12(2-4-14)7-10-18-15(19)11-13-5-8-17-9-6-13;/h1-4,13,17H,5-11H2,(H,18,19)(H2,16,20,21);1H. The second kappa shape index (κ2) is 9.22. The van der Waals surface area contributed by atoms with Crippen molar-refractivity contribution in [3.05, 3.63) is 29.8 Å². The molecule has 8 heteroatoms. The Morgan fingerprint density at radius 3 is 2.39 bits per heavy atom. The number of carbonyl (C=O) groups excluding carboxylic acids is 1. The van der Waals surface area contributed by atoms with Gasteiger partial charge in [0.25, 0.3) is 0 Å². The lowest BCUT2D eigenvalue weighted by molar-refractivity contribution is -0.122. The molecule has 1 amide bonds. The minimum absolute atomic E-state index is 0. The van der Waals surface area contributed by atoms with Crippen LogP contribution in [-0.2, 0) is 21.2 Å². The molecule has 1 aromatic rings. The lowest BCUT2D eigenvalue weighted by Gasteiger charge is -2.21. The number of nitrogens with one attached hydrogen (secondary N) is 2. The molecule has 1 fully saturated rings. The number of amides is 1. The zero-order valence-corrected chi connectivity index (χ0v) is 14.6. The molecule has 6 nitrogen and oxygen atoms in total. The molecule has 0 aliphatic carbocycles. The zero-order chi connectivity index (χ0) is 16.0. The predicted octanol–water partition coefficient (Wildman–Crippen LogP) is 0.804. The van der Waals surface area contributed by atoms with Crippen molar-refractivity contribution in [1.82, 2.24) is 10.6 Å². The molecule has 0 radical (unpaired) electrons. The van der Waals surface area contributed by atoms with Gasteiger partial charge in [-0.2, -0.15) is 0 Å². The number of hydrogen-bond donors (Lipinski definition) is 3. The Labute approximate surface area is 143 Å². The van der Waals surface area contributed by atoms with E-state index in [1.54, 1.807) is 12.1 Å². The van der Waals surface area contributed by atoms with Crippen LogP contribution < -0.4 is 15.8 Å². The van der Waals surface area contributed by atoms with E-state index >= 15 is 0 Å². The summed E-state index contributed by atoms with van der Waals surface area (Å²) in [5.41, 5.74) is 0.967. The lowest BCUT2D eigenvalue weighted by Crippen LogP contribution is -2.33. The molecule has 0 unspecified atom stereocenters. The van der Waals surface area contributed by atoms with Gasteiger partial charge in [0.05, 0.1) is 4.90 Å². The Morgan fingerprint density at radius 1 is 1.22 bits per heavy atom.